The van der Waals surface area contributed by atoms with Gasteiger partial charge in [0.1, 0.15) is 18.1 Å². The van der Waals surface area contributed by atoms with Gasteiger partial charge in [0.2, 0.25) is 11.8 Å². The lowest BCUT2D eigenvalue weighted by Crippen LogP contribution is -2.44. The normalized spacial score (nSPS) is 19.3. The zero-order chi connectivity index (χ0) is 28.4. The molecule has 1 N–H and O–H groups in total. The number of aryl methyl sites for hydroxylation is 1. The van der Waals surface area contributed by atoms with Gasteiger partial charge in [-0.25, -0.2) is 4.68 Å². The third-order valence-electron chi connectivity index (χ3n) is 7.44. The van der Waals surface area contributed by atoms with E-state index in [1.165, 1.54) is 0 Å². The van der Waals surface area contributed by atoms with Crippen LogP contribution in [0.25, 0.3) is 5.69 Å². The number of methoxy groups -OCH3 is 1. The monoisotopic (exact) mass is 562 g/mol. The van der Waals surface area contributed by atoms with Gasteiger partial charge in [-0.05, 0) is 55.2 Å². The lowest BCUT2D eigenvalue weighted by Gasteiger charge is -2.25. The molecule has 2 aliphatic heterocycles. The highest BCUT2D eigenvalue weighted by Gasteiger charge is 2.40. The molecule has 3 heterocycles. The van der Waals surface area contributed by atoms with Crippen LogP contribution in [0.4, 0.5) is 5.82 Å². The van der Waals surface area contributed by atoms with Crippen molar-refractivity contribution in [2.75, 3.05) is 37.5 Å². The maximum Gasteiger partial charge on any atom is 0.240 e. The number of carbonyl (C=O) groups is 2. The number of hydrogen-bond donors (Lipinski definition) is 1. The molecule has 212 valence electrons. The van der Waals surface area contributed by atoms with Crippen LogP contribution in [-0.2, 0) is 19.7 Å². The van der Waals surface area contributed by atoms with E-state index in [0.717, 1.165) is 53.3 Å². The lowest BCUT2D eigenvalue weighted by atomic mass is 9.86. The van der Waals surface area contributed by atoms with Crippen molar-refractivity contribution in [2.45, 2.75) is 57.3 Å². The summed E-state index contributed by atoms with van der Waals surface area (Å²) >= 11 is 1.60. The Balaban J connectivity index is 1.66. The number of ether oxygens (including phenoxy) is 2. The summed E-state index contributed by atoms with van der Waals surface area (Å²) in [5.41, 5.74) is 4.65. The highest BCUT2D eigenvalue weighted by molar-refractivity contribution is 8.00. The summed E-state index contributed by atoms with van der Waals surface area (Å²) in [7, 11) is 1.63. The Morgan fingerprint density at radius 1 is 1.18 bits per heavy atom. The largest absolute Gasteiger partial charge is 0.497 e. The third kappa shape index (κ3) is 5.76. The van der Waals surface area contributed by atoms with E-state index in [1.54, 1.807) is 23.8 Å². The summed E-state index contributed by atoms with van der Waals surface area (Å²) in [6, 6.07) is 15.9. The molecule has 0 aliphatic carbocycles. The Bertz CT molecular complexity index is 1370. The molecule has 0 saturated carbocycles. The number of nitrogens with one attached hydrogen (secondary N) is 1. The molecule has 0 radical (unpaired) electrons. The summed E-state index contributed by atoms with van der Waals surface area (Å²) in [6.45, 7) is 9.59. The summed E-state index contributed by atoms with van der Waals surface area (Å²) in [5, 5.41) is 8.03. The zero-order valence-electron chi connectivity index (χ0n) is 23.9. The number of benzene rings is 2. The molecule has 0 bridgehead atoms. The zero-order valence-corrected chi connectivity index (χ0v) is 24.7. The van der Waals surface area contributed by atoms with Gasteiger partial charge in [0.25, 0.3) is 0 Å². The molecule has 8 nitrogen and oxygen atoms in total. The number of rotatable bonds is 7. The first kappa shape index (κ1) is 28.2. The van der Waals surface area contributed by atoms with E-state index in [9.17, 15) is 9.59 Å². The van der Waals surface area contributed by atoms with Gasteiger partial charge < -0.3 is 14.8 Å². The topological polar surface area (TPSA) is 85.7 Å². The van der Waals surface area contributed by atoms with Crippen LogP contribution in [0.3, 0.4) is 0 Å². The van der Waals surface area contributed by atoms with Crippen molar-refractivity contribution < 1.29 is 19.1 Å². The molecule has 1 saturated heterocycles. The number of hydrogen-bond acceptors (Lipinski definition) is 6. The number of anilines is 1. The predicted molar refractivity (Wildman–Crippen MR) is 159 cm³/mol. The summed E-state index contributed by atoms with van der Waals surface area (Å²) in [6.07, 6.45) is 1.96. The number of amides is 2. The summed E-state index contributed by atoms with van der Waals surface area (Å²) in [5.74, 6) is 1.29. The molecule has 2 amide bonds. The van der Waals surface area contributed by atoms with Crippen LogP contribution in [-0.4, -0.2) is 60.3 Å². The molecule has 9 heteroatoms. The Labute approximate surface area is 240 Å². The van der Waals surface area contributed by atoms with E-state index in [-0.39, 0.29) is 40.9 Å². The van der Waals surface area contributed by atoms with Gasteiger partial charge in [-0.2, -0.15) is 5.10 Å². The van der Waals surface area contributed by atoms with Crippen molar-refractivity contribution in [3.8, 4) is 11.4 Å². The van der Waals surface area contributed by atoms with Crippen molar-refractivity contribution in [1.82, 2.24) is 15.1 Å². The SMILES string of the molecule is COc1ccc(-n2nc(C(C)(C)C)c3c2N(CC(=O)NC[C@H]2CCCO2)C(=O)CS[C@H]3c2ccccc2C)cc1. The molecule has 0 unspecified atom stereocenters. The molecule has 40 heavy (non-hydrogen) atoms. The average Bonchev–Trinajstić information content (AvgIpc) is 3.57. The maximum atomic E-state index is 13.8. The quantitative estimate of drug-likeness (QED) is 0.439. The standard InChI is InChI=1S/C31H38N4O4S/c1-20-9-6-7-11-24(20)28-27-29(31(2,3)4)33-35(21-12-14-22(38-5)15-13-21)30(27)34(26(37)19-40-28)18-25(36)32-17-23-10-8-16-39-23/h6-7,9,11-15,23,28H,8,10,16-19H2,1-5H3,(H,32,36)/t23-,28+/m1/s1. The minimum atomic E-state index is -0.315. The van der Waals surface area contributed by atoms with Crippen molar-refractivity contribution in [1.29, 1.82) is 0 Å². The Morgan fingerprint density at radius 2 is 1.93 bits per heavy atom. The van der Waals surface area contributed by atoms with Crippen LogP contribution in [0.2, 0.25) is 0 Å². The minimum Gasteiger partial charge on any atom is -0.497 e. The molecule has 5 rings (SSSR count). The number of fused-ring (bicyclic) bond motifs is 1. The van der Waals surface area contributed by atoms with Crippen LogP contribution in [0.1, 0.15) is 61.2 Å². The third-order valence-corrected chi connectivity index (χ3v) is 8.68. The van der Waals surface area contributed by atoms with Crippen molar-refractivity contribution in [3.05, 3.63) is 70.9 Å². The second-order valence-electron chi connectivity index (χ2n) is 11.4. The van der Waals surface area contributed by atoms with Crippen LogP contribution in [0, 0.1) is 6.92 Å². The van der Waals surface area contributed by atoms with E-state index < -0.39 is 0 Å². The Hall–Kier alpha value is -3.30. The van der Waals surface area contributed by atoms with E-state index in [1.807, 2.05) is 41.1 Å². The molecule has 0 spiro atoms. The predicted octanol–water partition coefficient (Wildman–Crippen LogP) is 4.95. The second kappa shape index (κ2) is 11.7. The van der Waals surface area contributed by atoms with E-state index in [2.05, 4.69) is 45.1 Å². The smallest absolute Gasteiger partial charge is 0.240 e. The highest BCUT2D eigenvalue weighted by atomic mass is 32.2. The summed E-state index contributed by atoms with van der Waals surface area (Å²) < 4.78 is 12.9. The van der Waals surface area contributed by atoms with Gasteiger partial charge in [0, 0.05) is 24.1 Å². The molecule has 1 aromatic heterocycles. The molecule has 2 aliphatic rings. The molecule has 3 aromatic rings. The van der Waals surface area contributed by atoms with Crippen molar-refractivity contribution in [3.63, 3.8) is 0 Å². The fraction of sp³-hybridized carbons (Fsp3) is 0.452. The average molecular weight is 563 g/mol. The van der Waals surface area contributed by atoms with E-state index >= 15 is 0 Å². The number of aromatic nitrogens is 2. The Morgan fingerprint density at radius 3 is 2.58 bits per heavy atom. The molecular formula is C31H38N4O4S. The minimum absolute atomic E-state index is 0.0256. The lowest BCUT2D eigenvalue weighted by molar-refractivity contribution is -0.123. The van der Waals surface area contributed by atoms with Crippen LogP contribution >= 0.6 is 11.8 Å². The van der Waals surface area contributed by atoms with Gasteiger partial charge >= 0.3 is 0 Å². The first-order valence-corrected chi connectivity index (χ1v) is 14.9. The van der Waals surface area contributed by atoms with Gasteiger partial charge in [0.15, 0.2) is 0 Å². The second-order valence-corrected chi connectivity index (χ2v) is 12.5. The fourth-order valence-corrected chi connectivity index (χ4v) is 6.63. The van der Waals surface area contributed by atoms with E-state index in [0.29, 0.717) is 12.4 Å². The molecule has 2 aromatic carbocycles. The first-order valence-electron chi connectivity index (χ1n) is 13.8. The van der Waals surface area contributed by atoms with Gasteiger partial charge in [0.05, 0.1) is 35.6 Å². The first-order chi connectivity index (χ1) is 19.2. The van der Waals surface area contributed by atoms with Crippen molar-refractivity contribution >= 4 is 29.4 Å². The molecule has 2 atom stereocenters. The van der Waals surface area contributed by atoms with Crippen molar-refractivity contribution in [2.24, 2.45) is 0 Å². The Kier molecular flexibility index (Phi) is 8.24. The van der Waals surface area contributed by atoms with E-state index in [4.69, 9.17) is 14.6 Å². The van der Waals surface area contributed by atoms with Gasteiger partial charge in [-0.15, -0.1) is 11.8 Å². The summed E-state index contributed by atoms with van der Waals surface area (Å²) in [4.78, 5) is 28.7. The molecule has 1 fully saturated rings. The van der Waals surface area contributed by atoms with Crippen LogP contribution < -0.4 is 15.0 Å². The fourth-order valence-electron chi connectivity index (χ4n) is 5.34. The maximum absolute atomic E-state index is 13.8. The van der Waals surface area contributed by atoms with Gasteiger partial charge in [-0.1, -0.05) is 45.0 Å². The van der Waals surface area contributed by atoms with Crippen LogP contribution in [0.5, 0.6) is 5.75 Å². The number of thioether (sulfide) groups is 1. The highest BCUT2D eigenvalue weighted by Crippen LogP contribution is 2.49. The van der Waals surface area contributed by atoms with Crippen LogP contribution in [0.15, 0.2) is 48.5 Å². The number of carbonyl (C=O) groups excluding carboxylic acids is 2. The number of nitrogens with zero attached hydrogens (tertiary/aromatic N) is 3. The van der Waals surface area contributed by atoms with Gasteiger partial charge in [-0.3, -0.25) is 14.5 Å². The molecular weight excluding hydrogens is 524 g/mol.